The largest absolute Gasteiger partial charge is 0.390 e. The van der Waals surface area contributed by atoms with Gasteiger partial charge in [0.25, 0.3) is 0 Å². The first-order valence-corrected chi connectivity index (χ1v) is 6.24. The van der Waals surface area contributed by atoms with Crippen molar-refractivity contribution in [3.05, 3.63) is 0 Å². The number of β-amino-alcohol motifs (C(OH)–C–C–N with tert-alkyl or cyclic N) is 2. The van der Waals surface area contributed by atoms with E-state index < -0.39 is 0 Å². The van der Waals surface area contributed by atoms with Crippen molar-refractivity contribution in [1.82, 2.24) is 9.80 Å². The van der Waals surface area contributed by atoms with Gasteiger partial charge in [-0.05, 0) is 27.7 Å². The average molecular weight is 230 g/mol. The zero-order valence-corrected chi connectivity index (χ0v) is 10.9. The molecule has 0 spiro atoms. The van der Waals surface area contributed by atoms with Crippen molar-refractivity contribution in [2.75, 3.05) is 26.2 Å². The minimum absolute atomic E-state index is 0.322. The molecule has 1 rings (SSSR count). The fourth-order valence-corrected chi connectivity index (χ4v) is 2.19. The first-order valence-electron chi connectivity index (χ1n) is 6.24. The van der Waals surface area contributed by atoms with Gasteiger partial charge in [-0.3, -0.25) is 9.80 Å². The Morgan fingerprint density at radius 2 is 1.00 bits per heavy atom. The Hall–Kier alpha value is -0.160. The summed E-state index contributed by atoms with van der Waals surface area (Å²) in [4.78, 5) is 4.29. The second kappa shape index (κ2) is 5.96. The van der Waals surface area contributed by atoms with Crippen molar-refractivity contribution in [2.45, 2.75) is 52.0 Å². The van der Waals surface area contributed by atoms with E-state index >= 15 is 0 Å². The van der Waals surface area contributed by atoms with Gasteiger partial charge in [-0.2, -0.15) is 0 Å². The summed E-state index contributed by atoms with van der Waals surface area (Å²) in [5.41, 5.74) is 0. The topological polar surface area (TPSA) is 46.9 Å². The van der Waals surface area contributed by atoms with Crippen molar-refractivity contribution in [3.8, 4) is 0 Å². The van der Waals surface area contributed by atoms with Gasteiger partial charge in [0, 0.05) is 38.3 Å². The smallest absolute Gasteiger partial charge is 0.0794 e. The summed E-state index contributed by atoms with van der Waals surface area (Å²) in [6, 6.07) is 0.741. The molecule has 0 saturated carbocycles. The Morgan fingerprint density at radius 3 is 1.19 bits per heavy atom. The van der Waals surface area contributed by atoms with Gasteiger partial charge in [-0.1, -0.05) is 0 Å². The monoisotopic (exact) mass is 230 g/mol. The summed E-state index contributed by atoms with van der Waals surface area (Å²) >= 11 is 0. The molecular weight excluding hydrogens is 204 g/mol. The van der Waals surface area contributed by atoms with Crippen LogP contribution in [0.3, 0.4) is 0 Å². The van der Waals surface area contributed by atoms with Gasteiger partial charge in [0.15, 0.2) is 0 Å². The van der Waals surface area contributed by atoms with Gasteiger partial charge in [-0.15, -0.1) is 0 Å². The van der Waals surface area contributed by atoms with Gasteiger partial charge < -0.3 is 10.2 Å². The van der Waals surface area contributed by atoms with Crippen LogP contribution in [0.1, 0.15) is 27.7 Å². The second-order valence-electron chi connectivity index (χ2n) is 5.40. The molecule has 1 saturated heterocycles. The van der Waals surface area contributed by atoms with Crippen LogP contribution in [-0.4, -0.2) is 70.5 Å². The molecule has 1 fully saturated rings. The average Bonchev–Trinajstić information content (AvgIpc) is 2.12. The molecule has 16 heavy (non-hydrogen) atoms. The molecule has 0 atom stereocenters. The summed E-state index contributed by atoms with van der Waals surface area (Å²) in [6.07, 6.45) is -0.644. The van der Waals surface area contributed by atoms with Crippen LogP contribution in [0, 0.1) is 0 Å². The SMILES string of the molecule is CC(C)N1CC(O)CN(C(C)C)CC(O)C1. The number of nitrogens with zero attached hydrogens (tertiary/aromatic N) is 2. The third kappa shape index (κ3) is 4.01. The molecule has 0 unspecified atom stereocenters. The first-order chi connectivity index (χ1) is 7.40. The van der Waals surface area contributed by atoms with Crippen LogP contribution in [0.5, 0.6) is 0 Å². The summed E-state index contributed by atoms with van der Waals surface area (Å²) in [7, 11) is 0. The number of hydrogen-bond donors (Lipinski definition) is 2. The first kappa shape index (κ1) is 13.9. The van der Waals surface area contributed by atoms with Gasteiger partial charge in [0.2, 0.25) is 0 Å². The molecule has 0 aromatic carbocycles. The van der Waals surface area contributed by atoms with Gasteiger partial charge in [0.05, 0.1) is 12.2 Å². The molecule has 96 valence electrons. The van der Waals surface area contributed by atoms with Crippen molar-refractivity contribution in [2.24, 2.45) is 0 Å². The van der Waals surface area contributed by atoms with Crippen LogP contribution >= 0.6 is 0 Å². The van der Waals surface area contributed by atoms with E-state index in [1.807, 2.05) is 0 Å². The lowest BCUT2D eigenvalue weighted by Crippen LogP contribution is -2.53. The molecule has 0 bridgehead atoms. The maximum atomic E-state index is 9.97. The van der Waals surface area contributed by atoms with Gasteiger partial charge in [-0.25, -0.2) is 0 Å². The Labute approximate surface area is 98.9 Å². The summed E-state index contributed by atoms with van der Waals surface area (Å²) in [5.74, 6) is 0. The van der Waals surface area contributed by atoms with Gasteiger partial charge in [0.1, 0.15) is 0 Å². The third-order valence-corrected chi connectivity index (χ3v) is 3.24. The molecule has 1 aliphatic heterocycles. The molecule has 0 aliphatic carbocycles. The number of aliphatic hydroxyl groups excluding tert-OH is 2. The number of rotatable bonds is 2. The quantitative estimate of drug-likeness (QED) is 0.708. The lowest BCUT2D eigenvalue weighted by molar-refractivity contribution is -0.0160. The molecule has 0 aromatic heterocycles. The maximum Gasteiger partial charge on any atom is 0.0794 e. The highest BCUT2D eigenvalue weighted by Gasteiger charge is 2.26. The third-order valence-electron chi connectivity index (χ3n) is 3.24. The maximum absolute atomic E-state index is 9.97. The lowest BCUT2D eigenvalue weighted by atomic mass is 10.1. The fraction of sp³-hybridized carbons (Fsp3) is 1.00. The van der Waals surface area contributed by atoms with Crippen molar-refractivity contribution in [1.29, 1.82) is 0 Å². The lowest BCUT2D eigenvalue weighted by Gasteiger charge is -2.38. The minimum Gasteiger partial charge on any atom is -0.390 e. The molecule has 4 heteroatoms. The predicted octanol–water partition coefficient (Wildman–Crippen LogP) is 0.143. The normalized spacial score (nSPS) is 30.8. The van der Waals surface area contributed by atoms with Gasteiger partial charge >= 0.3 is 0 Å². The summed E-state index contributed by atoms with van der Waals surface area (Å²) in [5, 5.41) is 19.9. The van der Waals surface area contributed by atoms with Crippen LogP contribution in [-0.2, 0) is 0 Å². The van der Waals surface area contributed by atoms with Crippen molar-refractivity contribution < 1.29 is 10.2 Å². The second-order valence-corrected chi connectivity index (χ2v) is 5.40. The van der Waals surface area contributed by atoms with E-state index in [1.165, 1.54) is 0 Å². The Balaban J connectivity index is 2.63. The highest BCUT2D eigenvalue weighted by Crippen LogP contribution is 2.10. The number of hydrogen-bond acceptors (Lipinski definition) is 4. The molecule has 1 aliphatic rings. The van der Waals surface area contributed by atoms with E-state index in [9.17, 15) is 10.2 Å². The predicted molar refractivity (Wildman–Crippen MR) is 65.4 cm³/mol. The van der Waals surface area contributed by atoms with Crippen LogP contribution < -0.4 is 0 Å². The highest BCUT2D eigenvalue weighted by molar-refractivity contribution is 4.81. The van der Waals surface area contributed by atoms with Crippen molar-refractivity contribution in [3.63, 3.8) is 0 Å². The Morgan fingerprint density at radius 1 is 0.750 bits per heavy atom. The zero-order valence-electron chi connectivity index (χ0n) is 10.9. The molecule has 0 aromatic rings. The van der Waals surface area contributed by atoms with E-state index in [1.54, 1.807) is 0 Å². The number of aliphatic hydroxyl groups is 2. The standard InChI is InChI=1S/C12H26N2O2/c1-9(2)13-5-11(15)7-14(10(3)4)8-12(16)6-13/h9-12,15-16H,5-8H2,1-4H3. The van der Waals surface area contributed by atoms with Crippen LogP contribution in [0.15, 0.2) is 0 Å². The van der Waals surface area contributed by atoms with E-state index in [4.69, 9.17) is 0 Å². The summed E-state index contributed by atoms with van der Waals surface area (Å²) < 4.78 is 0. The zero-order chi connectivity index (χ0) is 12.3. The minimum atomic E-state index is -0.322. The van der Waals surface area contributed by atoms with E-state index in [0.717, 1.165) is 0 Å². The van der Waals surface area contributed by atoms with Crippen molar-refractivity contribution >= 4 is 0 Å². The Bertz CT molecular complexity index is 175. The molecule has 2 N–H and O–H groups in total. The highest BCUT2D eigenvalue weighted by atomic mass is 16.3. The molecular formula is C12H26N2O2. The van der Waals surface area contributed by atoms with E-state index in [2.05, 4.69) is 37.5 Å². The van der Waals surface area contributed by atoms with Crippen LogP contribution in [0.4, 0.5) is 0 Å². The van der Waals surface area contributed by atoms with Crippen LogP contribution in [0.2, 0.25) is 0 Å². The molecule has 0 amide bonds. The van der Waals surface area contributed by atoms with E-state index in [-0.39, 0.29) is 12.2 Å². The molecule has 4 nitrogen and oxygen atoms in total. The fourth-order valence-electron chi connectivity index (χ4n) is 2.19. The summed E-state index contributed by atoms with van der Waals surface area (Å²) in [6.45, 7) is 11.0. The Kier molecular flexibility index (Phi) is 5.18. The molecule has 0 radical (unpaired) electrons. The van der Waals surface area contributed by atoms with Crippen LogP contribution in [0.25, 0.3) is 0 Å². The van der Waals surface area contributed by atoms with E-state index in [0.29, 0.717) is 38.3 Å². The molecule has 1 heterocycles.